The molecule has 0 radical (unpaired) electrons. The van der Waals surface area contributed by atoms with Gasteiger partial charge in [0.25, 0.3) is 0 Å². The van der Waals surface area contributed by atoms with Crippen LogP contribution in [-0.4, -0.2) is 42.8 Å². The summed E-state index contributed by atoms with van der Waals surface area (Å²) in [6.07, 6.45) is 4.31. The fourth-order valence-electron chi connectivity index (χ4n) is 3.93. The van der Waals surface area contributed by atoms with Gasteiger partial charge in [0.1, 0.15) is 0 Å². The monoisotopic (exact) mass is 413 g/mol. The van der Waals surface area contributed by atoms with Crippen LogP contribution in [-0.2, 0) is 0 Å². The van der Waals surface area contributed by atoms with Crippen molar-refractivity contribution in [1.82, 2.24) is 24.8 Å². The highest BCUT2D eigenvalue weighted by Gasteiger charge is 2.41. The minimum Gasteiger partial charge on any atom is -0.396 e. The molecule has 2 atom stereocenters. The van der Waals surface area contributed by atoms with Crippen LogP contribution in [0.1, 0.15) is 41.1 Å². The quantitative estimate of drug-likeness (QED) is 0.605. The second-order valence-electron chi connectivity index (χ2n) is 6.87. The van der Waals surface area contributed by atoms with Gasteiger partial charge in [-0.1, -0.05) is 6.07 Å². The summed E-state index contributed by atoms with van der Waals surface area (Å²) >= 11 is 7.28. The van der Waals surface area contributed by atoms with E-state index in [4.69, 9.17) is 12.2 Å². The number of rotatable bonds is 6. The molecule has 4 heterocycles. The maximum Gasteiger partial charge on any atom is 0.193 e. The molecule has 0 aromatic carbocycles. The molecule has 146 valence electrons. The lowest BCUT2D eigenvalue weighted by Crippen LogP contribution is -2.31. The Bertz CT molecular complexity index is 955. The highest BCUT2D eigenvalue weighted by Crippen LogP contribution is 2.41. The average Bonchev–Trinajstić information content (AvgIpc) is 3.39. The molecular formula is C20H23N5OS2. The minimum absolute atomic E-state index is 0.00821. The van der Waals surface area contributed by atoms with E-state index in [1.165, 1.54) is 5.56 Å². The lowest BCUT2D eigenvalue weighted by molar-refractivity contribution is 0.247. The number of pyridine rings is 1. The van der Waals surface area contributed by atoms with Crippen LogP contribution in [0.4, 0.5) is 0 Å². The van der Waals surface area contributed by atoms with Gasteiger partial charge in [-0.2, -0.15) is 0 Å². The van der Waals surface area contributed by atoms with Crippen molar-refractivity contribution in [3.05, 3.63) is 64.7 Å². The predicted octanol–water partition coefficient (Wildman–Crippen LogP) is 3.30. The van der Waals surface area contributed by atoms with Crippen molar-refractivity contribution in [1.29, 1.82) is 0 Å². The third kappa shape index (κ3) is 3.32. The Morgan fingerprint density at radius 2 is 2.11 bits per heavy atom. The number of thiocarbonyl (C=S) groups is 1. The summed E-state index contributed by atoms with van der Waals surface area (Å²) in [5.41, 5.74) is 4.45. The second-order valence-corrected chi connectivity index (χ2v) is 8.13. The molecule has 6 nitrogen and oxygen atoms in total. The van der Waals surface area contributed by atoms with E-state index >= 15 is 0 Å². The normalized spacial score (nSPS) is 19.2. The molecular weight excluding hydrogens is 390 g/mol. The third-order valence-electron chi connectivity index (χ3n) is 5.15. The molecule has 0 bridgehead atoms. The van der Waals surface area contributed by atoms with E-state index in [-0.39, 0.29) is 18.7 Å². The molecule has 1 fully saturated rings. The molecule has 0 unspecified atom stereocenters. The van der Waals surface area contributed by atoms with Crippen LogP contribution in [0.5, 0.6) is 0 Å². The zero-order valence-electron chi connectivity index (χ0n) is 15.9. The third-order valence-corrected chi connectivity index (χ3v) is 6.26. The van der Waals surface area contributed by atoms with Crippen molar-refractivity contribution < 1.29 is 5.11 Å². The first kappa shape index (κ1) is 19.0. The van der Waals surface area contributed by atoms with Crippen molar-refractivity contribution in [2.24, 2.45) is 0 Å². The topological polar surface area (TPSA) is 66.2 Å². The first-order chi connectivity index (χ1) is 13.6. The van der Waals surface area contributed by atoms with E-state index in [1.807, 2.05) is 36.0 Å². The van der Waals surface area contributed by atoms with Gasteiger partial charge in [-0.3, -0.25) is 9.55 Å². The molecule has 4 rings (SSSR count). The summed E-state index contributed by atoms with van der Waals surface area (Å²) in [6, 6.07) is 8.14. The number of nitrogens with zero attached hydrogens (tertiary/aromatic N) is 4. The van der Waals surface area contributed by atoms with Gasteiger partial charge in [-0.05, 0) is 56.2 Å². The van der Waals surface area contributed by atoms with Crippen LogP contribution >= 0.6 is 23.6 Å². The maximum absolute atomic E-state index is 9.37. The molecule has 0 saturated carbocycles. The van der Waals surface area contributed by atoms with Crippen molar-refractivity contribution in [3.8, 4) is 5.13 Å². The maximum atomic E-state index is 9.37. The van der Waals surface area contributed by atoms with Gasteiger partial charge in [0.05, 0.1) is 17.8 Å². The number of aromatic nitrogens is 3. The summed E-state index contributed by atoms with van der Waals surface area (Å²) < 4.78 is 2.20. The second kappa shape index (κ2) is 7.98. The number of aliphatic hydroxyl groups excluding tert-OH is 1. The highest BCUT2D eigenvalue weighted by atomic mass is 32.1. The zero-order chi connectivity index (χ0) is 19.7. The average molecular weight is 414 g/mol. The van der Waals surface area contributed by atoms with Crippen LogP contribution in [0, 0.1) is 13.8 Å². The van der Waals surface area contributed by atoms with Gasteiger partial charge < -0.3 is 15.3 Å². The van der Waals surface area contributed by atoms with Gasteiger partial charge in [-0.15, -0.1) is 11.3 Å². The Kier molecular flexibility index (Phi) is 5.43. The van der Waals surface area contributed by atoms with Crippen molar-refractivity contribution in [2.75, 3.05) is 13.2 Å². The van der Waals surface area contributed by atoms with Crippen molar-refractivity contribution >= 4 is 28.7 Å². The molecule has 0 spiro atoms. The molecule has 0 aliphatic carbocycles. The Hall–Kier alpha value is -2.29. The SMILES string of the molecule is Cc1cc([C@H]2[C@@H](c3ccccn3)NC(=S)N2CCCO)c(C)n1-c1nccs1. The molecule has 8 heteroatoms. The minimum atomic E-state index is -0.0439. The van der Waals surface area contributed by atoms with Crippen LogP contribution in [0.2, 0.25) is 0 Å². The van der Waals surface area contributed by atoms with Crippen LogP contribution in [0.25, 0.3) is 5.13 Å². The predicted molar refractivity (Wildman–Crippen MR) is 115 cm³/mol. The van der Waals surface area contributed by atoms with Crippen molar-refractivity contribution in [3.63, 3.8) is 0 Å². The number of hydrogen-bond acceptors (Lipinski definition) is 5. The van der Waals surface area contributed by atoms with E-state index in [0.29, 0.717) is 18.1 Å². The number of hydrogen-bond donors (Lipinski definition) is 2. The van der Waals surface area contributed by atoms with Gasteiger partial charge in [0, 0.05) is 42.3 Å². The zero-order valence-corrected chi connectivity index (χ0v) is 17.5. The summed E-state index contributed by atoms with van der Waals surface area (Å²) in [7, 11) is 0. The molecule has 2 N–H and O–H groups in total. The summed E-state index contributed by atoms with van der Waals surface area (Å²) in [6.45, 7) is 5.06. The first-order valence-corrected chi connectivity index (χ1v) is 10.6. The number of aliphatic hydroxyl groups is 1. The lowest BCUT2D eigenvalue weighted by Gasteiger charge is -2.28. The number of nitrogens with one attached hydrogen (secondary N) is 1. The van der Waals surface area contributed by atoms with Gasteiger partial charge in [-0.25, -0.2) is 4.98 Å². The van der Waals surface area contributed by atoms with Crippen LogP contribution in [0.3, 0.4) is 0 Å². The van der Waals surface area contributed by atoms with E-state index in [1.54, 1.807) is 11.3 Å². The number of aryl methyl sites for hydroxylation is 1. The Labute approximate surface area is 173 Å². The lowest BCUT2D eigenvalue weighted by atomic mass is 9.96. The van der Waals surface area contributed by atoms with E-state index in [9.17, 15) is 5.11 Å². The first-order valence-electron chi connectivity index (χ1n) is 9.29. The van der Waals surface area contributed by atoms with E-state index in [2.05, 4.69) is 44.7 Å². The Balaban J connectivity index is 1.81. The molecule has 1 aliphatic rings. The molecule has 3 aromatic rings. The molecule has 1 saturated heterocycles. The Morgan fingerprint density at radius 3 is 2.79 bits per heavy atom. The molecule has 1 aliphatic heterocycles. The summed E-state index contributed by atoms with van der Waals surface area (Å²) in [5, 5.41) is 16.5. The smallest absolute Gasteiger partial charge is 0.193 e. The molecule has 3 aromatic heterocycles. The standard InChI is InChI=1S/C20H23N5OS2/c1-13-12-15(14(2)25(13)20-22-8-11-28-20)18-17(16-6-3-4-7-21-16)23-19(27)24(18)9-5-10-26/h3-4,6-8,11-12,17-18,26H,5,9-10H2,1-2H3,(H,23,27)/t17-,18+/m1/s1. The highest BCUT2D eigenvalue weighted by molar-refractivity contribution is 7.80. The molecule has 0 amide bonds. The Morgan fingerprint density at radius 1 is 1.25 bits per heavy atom. The molecule has 28 heavy (non-hydrogen) atoms. The fourth-order valence-corrected chi connectivity index (χ4v) is 5.02. The largest absolute Gasteiger partial charge is 0.396 e. The van der Waals surface area contributed by atoms with Gasteiger partial charge >= 0.3 is 0 Å². The number of thiazole rings is 1. The van der Waals surface area contributed by atoms with Gasteiger partial charge in [0.15, 0.2) is 10.2 Å². The van der Waals surface area contributed by atoms with Crippen molar-refractivity contribution in [2.45, 2.75) is 32.4 Å². The fraction of sp³-hybridized carbons (Fsp3) is 0.350. The van der Waals surface area contributed by atoms with E-state index in [0.717, 1.165) is 22.2 Å². The van der Waals surface area contributed by atoms with E-state index < -0.39 is 0 Å². The van der Waals surface area contributed by atoms with Crippen LogP contribution in [0.15, 0.2) is 42.0 Å². The summed E-state index contributed by atoms with van der Waals surface area (Å²) in [4.78, 5) is 11.2. The van der Waals surface area contributed by atoms with Crippen LogP contribution < -0.4 is 5.32 Å². The summed E-state index contributed by atoms with van der Waals surface area (Å²) in [5.74, 6) is 0. The van der Waals surface area contributed by atoms with Gasteiger partial charge in [0.2, 0.25) is 0 Å².